The molecule has 0 saturated heterocycles. The van der Waals surface area contributed by atoms with Crippen LogP contribution in [0.3, 0.4) is 0 Å². The molecule has 3 aliphatic rings. The highest BCUT2D eigenvalue weighted by Crippen LogP contribution is 2.65. The topological polar surface area (TPSA) is 49.7 Å². The number of thiocarbonyl (C=S) groups is 1. The first-order chi connectivity index (χ1) is 13.1. The molecule has 4 rings (SSSR count). The van der Waals surface area contributed by atoms with Crippen LogP contribution < -0.4 is 4.90 Å². The lowest BCUT2D eigenvalue weighted by Gasteiger charge is -2.48. The maximum absolute atomic E-state index is 14.1. The first kappa shape index (κ1) is 19.3. The van der Waals surface area contributed by atoms with Crippen LogP contribution in [0.1, 0.15) is 37.8 Å². The lowest BCUT2D eigenvalue weighted by Crippen LogP contribution is -2.55. The van der Waals surface area contributed by atoms with Crippen molar-refractivity contribution in [3.05, 3.63) is 53.1 Å². The average Bonchev–Trinajstić information content (AvgIpc) is 2.90. The Balaban J connectivity index is 2.28. The second kappa shape index (κ2) is 5.73. The summed E-state index contributed by atoms with van der Waals surface area (Å²) in [5.74, 6) is -1.23. The van der Waals surface area contributed by atoms with Crippen LogP contribution in [0.4, 0.5) is 5.69 Å². The summed E-state index contributed by atoms with van der Waals surface area (Å²) in [6.07, 6.45) is 3.43. The molecule has 0 radical (unpaired) electrons. The van der Waals surface area contributed by atoms with Gasteiger partial charge in [0.15, 0.2) is 11.3 Å². The van der Waals surface area contributed by atoms with E-state index >= 15 is 0 Å². The molecule has 1 aromatic carbocycles. The van der Waals surface area contributed by atoms with E-state index in [1.807, 2.05) is 39.0 Å². The van der Waals surface area contributed by atoms with E-state index in [0.29, 0.717) is 10.6 Å². The largest absolute Gasteiger partial charge is 0.315 e. The molecule has 4 atom stereocenters. The maximum Gasteiger partial charge on any atom is 0.234 e. The molecule has 144 valence electrons. The number of fused-ring (bicyclic) bond motifs is 3. The molecule has 1 aromatic rings. The first-order valence-electron chi connectivity index (χ1n) is 9.15. The molecular formula is C22H21ClN2O2S. The number of aliphatic imine (C=N–C) groups is 1. The summed E-state index contributed by atoms with van der Waals surface area (Å²) in [6, 6.07) is 5.61. The number of likely N-dealkylation sites (N-methyl/N-ethyl adjacent to an activating group) is 1. The van der Waals surface area contributed by atoms with Gasteiger partial charge in [0.05, 0.1) is 16.5 Å². The van der Waals surface area contributed by atoms with E-state index in [1.165, 1.54) is 0 Å². The van der Waals surface area contributed by atoms with E-state index in [-0.39, 0.29) is 11.7 Å². The maximum atomic E-state index is 14.1. The van der Waals surface area contributed by atoms with Crippen LogP contribution in [0.25, 0.3) is 0 Å². The molecule has 2 bridgehead atoms. The second-order valence-corrected chi connectivity index (χ2v) is 9.16. The lowest BCUT2D eigenvalue weighted by atomic mass is 9.57. The summed E-state index contributed by atoms with van der Waals surface area (Å²) in [6.45, 7) is 9.71. The summed E-state index contributed by atoms with van der Waals surface area (Å²) >= 11 is 11.8. The van der Waals surface area contributed by atoms with Crippen molar-refractivity contribution < 1.29 is 9.59 Å². The van der Waals surface area contributed by atoms with Gasteiger partial charge in [-0.2, -0.15) is 0 Å². The second-order valence-electron chi connectivity index (χ2n) is 8.57. The third-order valence-corrected chi connectivity index (χ3v) is 7.68. The van der Waals surface area contributed by atoms with Gasteiger partial charge in [-0.1, -0.05) is 49.7 Å². The number of allylic oxidation sites excluding steroid dienone is 1. The SMILES string of the molecule is C=C[C@]1(C)C(Cl)=C[C@H]2C(=O)[C@]1(N=C=S)c1cccc3c1[C@H](C(=O)N3C)C2(C)C. The first-order valence-corrected chi connectivity index (χ1v) is 9.94. The van der Waals surface area contributed by atoms with Crippen LogP contribution >= 0.6 is 23.8 Å². The molecular weight excluding hydrogens is 392 g/mol. The van der Waals surface area contributed by atoms with Crippen molar-refractivity contribution in [2.24, 2.45) is 21.7 Å². The number of hydrogen-bond donors (Lipinski definition) is 0. The molecule has 4 nitrogen and oxygen atoms in total. The summed E-state index contributed by atoms with van der Waals surface area (Å²) < 4.78 is 0. The number of hydrogen-bond acceptors (Lipinski definition) is 4. The number of carbonyl (C=O) groups excluding carboxylic acids is 2. The molecule has 0 saturated carbocycles. The smallest absolute Gasteiger partial charge is 0.234 e. The van der Waals surface area contributed by atoms with Gasteiger partial charge in [-0.25, -0.2) is 4.99 Å². The molecule has 1 amide bonds. The zero-order valence-electron chi connectivity index (χ0n) is 16.2. The van der Waals surface area contributed by atoms with E-state index < -0.39 is 28.2 Å². The Morgan fingerprint density at radius 2 is 2.00 bits per heavy atom. The summed E-state index contributed by atoms with van der Waals surface area (Å²) in [5, 5.41) is 2.93. The van der Waals surface area contributed by atoms with Crippen molar-refractivity contribution in [1.29, 1.82) is 0 Å². The van der Waals surface area contributed by atoms with E-state index in [4.69, 9.17) is 23.8 Å². The van der Waals surface area contributed by atoms with Crippen molar-refractivity contribution in [2.75, 3.05) is 11.9 Å². The number of anilines is 1. The zero-order valence-corrected chi connectivity index (χ0v) is 17.8. The van der Waals surface area contributed by atoms with E-state index in [1.54, 1.807) is 24.1 Å². The number of amides is 1. The van der Waals surface area contributed by atoms with Crippen LogP contribution in [0.5, 0.6) is 0 Å². The highest BCUT2D eigenvalue weighted by molar-refractivity contribution is 7.78. The molecule has 0 unspecified atom stereocenters. The number of benzene rings is 1. The molecule has 0 N–H and O–H groups in total. The Labute approximate surface area is 175 Å². The van der Waals surface area contributed by atoms with Gasteiger partial charge in [0.2, 0.25) is 5.91 Å². The van der Waals surface area contributed by atoms with Crippen LogP contribution in [0.15, 0.2) is 47.0 Å². The van der Waals surface area contributed by atoms with Gasteiger partial charge in [-0.05, 0) is 41.7 Å². The fourth-order valence-electron chi connectivity index (χ4n) is 5.33. The van der Waals surface area contributed by atoms with Crippen LogP contribution in [0, 0.1) is 16.7 Å². The van der Waals surface area contributed by atoms with E-state index in [9.17, 15) is 9.59 Å². The van der Waals surface area contributed by atoms with Crippen molar-refractivity contribution in [3.8, 4) is 0 Å². The fourth-order valence-corrected chi connectivity index (χ4v) is 5.81. The molecule has 0 fully saturated rings. The number of Topliss-reactive ketones (excluding diaryl/α,β-unsaturated/α-hetero) is 1. The van der Waals surface area contributed by atoms with Crippen molar-refractivity contribution in [3.63, 3.8) is 0 Å². The molecule has 6 heteroatoms. The lowest BCUT2D eigenvalue weighted by molar-refractivity contribution is -0.134. The number of carbonyl (C=O) groups is 2. The Kier molecular flexibility index (Phi) is 3.94. The minimum absolute atomic E-state index is 0.0286. The average molecular weight is 413 g/mol. The third kappa shape index (κ3) is 1.87. The van der Waals surface area contributed by atoms with Crippen LogP contribution in [0.2, 0.25) is 0 Å². The quantitative estimate of drug-likeness (QED) is 0.405. The molecule has 28 heavy (non-hydrogen) atoms. The molecule has 1 aliphatic heterocycles. The Bertz CT molecular complexity index is 1040. The van der Waals surface area contributed by atoms with Crippen molar-refractivity contribution >= 4 is 46.4 Å². The summed E-state index contributed by atoms with van der Waals surface area (Å²) in [5.41, 5.74) is -0.807. The fraction of sp³-hybridized carbons (Fsp3) is 0.409. The highest BCUT2D eigenvalue weighted by Gasteiger charge is 2.67. The van der Waals surface area contributed by atoms with Gasteiger partial charge in [0, 0.05) is 23.7 Å². The molecule has 1 heterocycles. The standard InChI is InChI=1S/C22H21ClN2O2S/c1-6-21(4)15(23)10-13-18(26)22(21,24-11-28)12-8-7-9-14-16(12)17(20(13,2)3)19(27)25(14)5/h6-10,13,17H,1H2,2-5H3/t13-,17+,21+,22+/m0/s1. The molecule has 0 spiro atoms. The summed E-state index contributed by atoms with van der Waals surface area (Å²) in [7, 11) is 1.77. The van der Waals surface area contributed by atoms with Gasteiger partial charge in [-0.15, -0.1) is 6.58 Å². The highest BCUT2D eigenvalue weighted by atomic mass is 35.5. The van der Waals surface area contributed by atoms with Gasteiger partial charge in [0.25, 0.3) is 0 Å². The molecule has 0 aromatic heterocycles. The molecule has 2 aliphatic carbocycles. The van der Waals surface area contributed by atoms with Crippen molar-refractivity contribution in [2.45, 2.75) is 32.2 Å². The monoisotopic (exact) mass is 412 g/mol. The summed E-state index contributed by atoms with van der Waals surface area (Å²) in [4.78, 5) is 33.5. The predicted octanol–water partition coefficient (Wildman–Crippen LogP) is 4.60. The number of isothiocyanates is 1. The number of rotatable bonds is 2. The Hall–Kier alpha value is -2.07. The van der Waals surface area contributed by atoms with Gasteiger partial charge in [0.1, 0.15) is 0 Å². The number of halogens is 1. The Morgan fingerprint density at radius 3 is 2.61 bits per heavy atom. The predicted molar refractivity (Wildman–Crippen MR) is 114 cm³/mol. The van der Waals surface area contributed by atoms with E-state index in [2.05, 4.69) is 16.7 Å². The normalized spacial score (nSPS) is 34.9. The van der Waals surface area contributed by atoms with Gasteiger partial charge >= 0.3 is 0 Å². The van der Waals surface area contributed by atoms with Gasteiger partial charge in [-0.3, -0.25) is 9.59 Å². The van der Waals surface area contributed by atoms with Gasteiger partial charge < -0.3 is 4.90 Å². The number of nitrogens with zero attached hydrogens (tertiary/aromatic N) is 2. The zero-order chi connectivity index (χ0) is 20.6. The third-order valence-electron chi connectivity index (χ3n) is 7.07. The van der Waals surface area contributed by atoms with Crippen LogP contribution in [-0.2, 0) is 15.1 Å². The Morgan fingerprint density at radius 1 is 1.32 bits per heavy atom. The van der Waals surface area contributed by atoms with E-state index in [0.717, 1.165) is 11.3 Å². The van der Waals surface area contributed by atoms with Crippen LogP contribution in [-0.4, -0.2) is 23.9 Å². The minimum atomic E-state index is -1.41. The minimum Gasteiger partial charge on any atom is -0.315 e. The number of ketones is 1. The van der Waals surface area contributed by atoms with Crippen molar-refractivity contribution in [1.82, 2.24) is 0 Å².